The van der Waals surface area contributed by atoms with Gasteiger partial charge in [0.25, 0.3) is 0 Å². The average Bonchev–Trinajstić information content (AvgIpc) is 2.13. The highest BCUT2D eigenvalue weighted by atomic mass is 16.1. The Morgan fingerprint density at radius 1 is 1.50 bits per heavy atom. The van der Waals surface area contributed by atoms with Gasteiger partial charge in [-0.1, -0.05) is 26.0 Å². The second-order valence-electron chi connectivity index (χ2n) is 2.96. The van der Waals surface area contributed by atoms with E-state index in [1.807, 2.05) is 6.08 Å². The van der Waals surface area contributed by atoms with Crippen LogP contribution in [0.5, 0.6) is 0 Å². The van der Waals surface area contributed by atoms with Crippen LogP contribution in [-0.2, 0) is 4.79 Å². The lowest BCUT2D eigenvalue weighted by Gasteiger charge is -1.95. The first kappa shape index (κ1) is 7.26. The Kier molecular flexibility index (Phi) is 2.05. The molecule has 0 fully saturated rings. The zero-order valence-corrected chi connectivity index (χ0v) is 6.42. The van der Waals surface area contributed by atoms with Crippen LogP contribution in [0.3, 0.4) is 0 Å². The molecule has 0 saturated carbocycles. The summed E-state index contributed by atoms with van der Waals surface area (Å²) in [6.07, 6.45) is 6.29. The predicted octanol–water partition coefficient (Wildman–Crippen LogP) is 2.10. The molecule has 0 spiro atoms. The number of hydrogen-bond donors (Lipinski definition) is 0. The molecule has 1 rings (SSSR count). The van der Waals surface area contributed by atoms with E-state index in [0.29, 0.717) is 12.3 Å². The normalized spacial score (nSPS) is 21.5. The summed E-state index contributed by atoms with van der Waals surface area (Å²) < 4.78 is 0. The summed E-state index contributed by atoms with van der Waals surface area (Å²) in [6, 6.07) is 0. The molecule has 10 heavy (non-hydrogen) atoms. The van der Waals surface area contributed by atoms with Crippen molar-refractivity contribution in [3.05, 3.63) is 23.8 Å². The van der Waals surface area contributed by atoms with Gasteiger partial charge in [0.1, 0.15) is 0 Å². The van der Waals surface area contributed by atoms with Gasteiger partial charge in [-0.15, -0.1) is 0 Å². The molecule has 0 aromatic heterocycles. The van der Waals surface area contributed by atoms with Gasteiger partial charge in [-0.25, -0.2) is 0 Å². The minimum absolute atomic E-state index is 0.229. The highest BCUT2D eigenvalue weighted by molar-refractivity contribution is 5.95. The number of ketones is 1. The quantitative estimate of drug-likeness (QED) is 0.539. The SMILES string of the molecule is CC(C)C=C1C=CC(=O)C1. The second kappa shape index (κ2) is 2.82. The van der Waals surface area contributed by atoms with Crippen LogP contribution in [0.4, 0.5) is 0 Å². The molecule has 0 N–H and O–H groups in total. The Bertz CT molecular complexity index is 197. The van der Waals surface area contributed by atoms with Crippen molar-refractivity contribution in [1.29, 1.82) is 0 Å². The molecule has 0 atom stereocenters. The molecule has 1 heteroatoms. The second-order valence-corrected chi connectivity index (χ2v) is 2.96. The monoisotopic (exact) mass is 136 g/mol. The molecular weight excluding hydrogens is 124 g/mol. The molecule has 0 aromatic rings. The summed E-state index contributed by atoms with van der Waals surface area (Å²) >= 11 is 0. The van der Waals surface area contributed by atoms with Crippen LogP contribution in [0.1, 0.15) is 20.3 Å². The molecule has 1 aliphatic rings. The topological polar surface area (TPSA) is 17.1 Å². The van der Waals surface area contributed by atoms with E-state index >= 15 is 0 Å². The van der Waals surface area contributed by atoms with Gasteiger partial charge in [0.05, 0.1) is 0 Å². The third kappa shape index (κ3) is 1.83. The fourth-order valence-corrected chi connectivity index (χ4v) is 1.06. The highest BCUT2D eigenvalue weighted by Gasteiger charge is 2.07. The molecule has 0 aliphatic heterocycles. The Morgan fingerprint density at radius 2 is 2.20 bits per heavy atom. The van der Waals surface area contributed by atoms with Crippen LogP contribution in [-0.4, -0.2) is 5.78 Å². The smallest absolute Gasteiger partial charge is 0.160 e. The van der Waals surface area contributed by atoms with Gasteiger partial charge in [-0.05, 0) is 17.6 Å². The maximum atomic E-state index is 10.7. The minimum atomic E-state index is 0.229. The molecule has 0 unspecified atom stereocenters. The van der Waals surface area contributed by atoms with Crippen LogP contribution in [0, 0.1) is 5.92 Å². The van der Waals surface area contributed by atoms with Crippen molar-refractivity contribution in [2.75, 3.05) is 0 Å². The summed E-state index contributed by atoms with van der Waals surface area (Å²) in [4.78, 5) is 10.7. The maximum Gasteiger partial charge on any atom is 0.160 e. The van der Waals surface area contributed by atoms with Crippen LogP contribution in [0.15, 0.2) is 23.8 Å². The third-order valence-corrected chi connectivity index (χ3v) is 1.41. The van der Waals surface area contributed by atoms with E-state index < -0.39 is 0 Å². The third-order valence-electron chi connectivity index (χ3n) is 1.41. The van der Waals surface area contributed by atoms with Gasteiger partial charge in [0, 0.05) is 6.42 Å². The standard InChI is InChI=1S/C9H12O/c1-7(2)5-8-3-4-9(10)6-8/h3-5,7H,6H2,1-2H3. The minimum Gasteiger partial charge on any atom is -0.294 e. The summed E-state index contributed by atoms with van der Waals surface area (Å²) in [6.45, 7) is 4.23. The van der Waals surface area contributed by atoms with Crippen molar-refractivity contribution >= 4 is 5.78 Å². The first-order valence-electron chi connectivity index (χ1n) is 3.60. The summed E-state index contributed by atoms with van der Waals surface area (Å²) in [5.74, 6) is 0.775. The largest absolute Gasteiger partial charge is 0.294 e. The fraction of sp³-hybridized carbons (Fsp3) is 0.444. The van der Waals surface area contributed by atoms with E-state index in [1.165, 1.54) is 5.57 Å². The number of hydrogen-bond acceptors (Lipinski definition) is 1. The van der Waals surface area contributed by atoms with E-state index in [9.17, 15) is 4.79 Å². The van der Waals surface area contributed by atoms with Gasteiger partial charge < -0.3 is 0 Å². The molecule has 0 saturated heterocycles. The Labute approximate surface area is 61.4 Å². The predicted molar refractivity (Wildman–Crippen MR) is 41.7 cm³/mol. The number of carbonyl (C=O) groups excluding carboxylic acids is 1. The van der Waals surface area contributed by atoms with Gasteiger partial charge in [-0.3, -0.25) is 4.79 Å². The lowest BCUT2D eigenvalue weighted by molar-refractivity contribution is -0.113. The number of rotatable bonds is 1. The van der Waals surface area contributed by atoms with Crippen molar-refractivity contribution < 1.29 is 4.79 Å². The molecule has 1 nitrogen and oxygen atoms in total. The van der Waals surface area contributed by atoms with E-state index in [1.54, 1.807) is 6.08 Å². The van der Waals surface area contributed by atoms with Gasteiger partial charge in [0.15, 0.2) is 5.78 Å². The summed E-state index contributed by atoms with van der Waals surface area (Å²) in [5.41, 5.74) is 1.17. The molecule has 1 aliphatic carbocycles. The summed E-state index contributed by atoms with van der Waals surface area (Å²) in [5, 5.41) is 0. The highest BCUT2D eigenvalue weighted by Crippen LogP contribution is 2.14. The average molecular weight is 136 g/mol. The molecule has 0 amide bonds. The van der Waals surface area contributed by atoms with Crippen LogP contribution < -0.4 is 0 Å². The van der Waals surface area contributed by atoms with Crippen LogP contribution in [0.25, 0.3) is 0 Å². The van der Waals surface area contributed by atoms with E-state index in [4.69, 9.17) is 0 Å². The van der Waals surface area contributed by atoms with Crippen LogP contribution >= 0.6 is 0 Å². The lowest BCUT2D eigenvalue weighted by Crippen LogP contribution is -1.86. The summed E-state index contributed by atoms with van der Waals surface area (Å²) in [7, 11) is 0. The van der Waals surface area contributed by atoms with Gasteiger partial charge >= 0.3 is 0 Å². The molecular formula is C9H12O. The zero-order chi connectivity index (χ0) is 7.56. The van der Waals surface area contributed by atoms with Gasteiger partial charge in [0.2, 0.25) is 0 Å². The molecule has 0 heterocycles. The zero-order valence-electron chi connectivity index (χ0n) is 6.42. The van der Waals surface area contributed by atoms with Crippen molar-refractivity contribution in [2.45, 2.75) is 20.3 Å². The van der Waals surface area contributed by atoms with Crippen molar-refractivity contribution in [2.24, 2.45) is 5.92 Å². The Balaban J connectivity index is 2.62. The maximum absolute atomic E-state index is 10.7. The molecule has 54 valence electrons. The molecule has 0 bridgehead atoms. The van der Waals surface area contributed by atoms with E-state index in [0.717, 1.165) is 0 Å². The first-order valence-corrected chi connectivity index (χ1v) is 3.60. The van der Waals surface area contributed by atoms with Gasteiger partial charge in [-0.2, -0.15) is 0 Å². The Hall–Kier alpha value is -0.850. The number of allylic oxidation sites excluding steroid dienone is 4. The van der Waals surface area contributed by atoms with Crippen molar-refractivity contribution in [3.63, 3.8) is 0 Å². The van der Waals surface area contributed by atoms with E-state index in [-0.39, 0.29) is 5.78 Å². The molecule has 0 radical (unpaired) electrons. The fourth-order valence-electron chi connectivity index (χ4n) is 1.06. The first-order chi connectivity index (χ1) is 4.68. The lowest BCUT2D eigenvalue weighted by atomic mass is 10.1. The number of carbonyl (C=O) groups is 1. The van der Waals surface area contributed by atoms with E-state index in [2.05, 4.69) is 19.9 Å². The van der Waals surface area contributed by atoms with Crippen molar-refractivity contribution in [3.8, 4) is 0 Å². The Morgan fingerprint density at radius 3 is 2.60 bits per heavy atom. The van der Waals surface area contributed by atoms with Crippen LogP contribution in [0.2, 0.25) is 0 Å². The van der Waals surface area contributed by atoms with Crippen molar-refractivity contribution in [1.82, 2.24) is 0 Å². The molecule has 0 aromatic carbocycles.